The van der Waals surface area contributed by atoms with Crippen molar-refractivity contribution in [1.29, 1.82) is 0 Å². The monoisotopic (exact) mass is 381 g/mol. The van der Waals surface area contributed by atoms with Crippen LogP contribution in [-0.2, 0) is 20.3 Å². The second kappa shape index (κ2) is 6.14. The number of ether oxygens (including phenoxy) is 1. The molecular weight excluding hydrogens is 354 g/mol. The van der Waals surface area contributed by atoms with Gasteiger partial charge in [0, 0.05) is 28.2 Å². The van der Waals surface area contributed by atoms with Crippen molar-refractivity contribution in [1.82, 2.24) is 0 Å². The van der Waals surface area contributed by atoms with Crippen molar-refractivity contribution in [2.24, 2.45) is 15.8 Å². The van der Waals surface area contributed by atoms with Crippen LogP contribution in [0.15, 0.2) is 53.5 Å². The summed E-state index contributed by atoms with van der Waals surface area (Å²) in [6, 6.07) is 15.0. The van der Waals surface area contributed by atoms with Gasteiger partial charge in [0.15, 0.2) is 5.60 Å². The highest BCUT2D eigenvalue weighted by Gasteiger charge is 2.81. The van der Waals surface area contributed by atoms with Gasteiger partial charge in [0.2, 0.25) is 0 Å². The molecule has 0 bridgehead atoms. The summed E-state index contributed by atoms with van der Waals surface area (Å²) in [7, 11) is 0. The van der Waals surface area contributed by atoms with Gasteiger partial charge in [0.25, 0.3) is 5.79 Å². The molecular formula is C23H27NO4. The molecule has 0 radical (unpaired) electrons. The molecule has 2 saturated heterocycles. The Bertz CT molecular complexity index is 916. The van der Waals surface area contributed by atoms with Gasteiger partial charge in [0.05, 0.1) is 12.3 Å². The van der Waals surface area contributed by atoms with E-state index in [1.165, 1.54) is 0 Å². The summed E-state index contributed by atoms with van der Waals surface area (Å²) in [5, 5.41) is 10.6. The number of para-hydroxylation sites is 1. The van der Waals surface area contributed by atoms with Crippen molar-refractivity contribution in [2.75, 3.05) is 6.61 Å². The lowest BCUT2D eigenvalue weighted by molar-refractivity contribution is -0.626. The molecule has 2 atom stereocenters. The Morgan fingerprint density at radius 1 is 1.04 bits per heavy atom. The van der Waals surface area contributed by atoms with Crippen molar-refractivity contribution in [3.63, 3.8) is 0 Å². The molecule has 2 unspecified atom stereocenters. The van der Waals surface area contributed by atoms with Gasteiger partial charge in [-0.1, -0.05) is 58.9 Å². The van der Waals surface area contributed by atoms with Crippen LogP contribution in [0.25, 0.3) is 0 Å². The highest BCUT2D eigenvalue weighted by molar-refractivity contribution is 5.85. The van der Waals surface area contributed by atoms with E-state index in [-0.39, 0.29) is 16.6 Å². The van der Waals surface area contributed by atoms with Crippen LogP contribution in [-0.4, -0.2) is 23.5 Å². The molecule has 28 heavy (non-hydrogen) atoms. The molecule has 2 heterocycles. The van der Waals surface area contributed by atoms with Gasteiger partial charge in [-0.3, -0.25) is 4.99 Å². The minimum atomic E-state index is -1.04. The third-order valence-corrected chi connectivity index (χ3v) is 5.91. The Kier molecular flexibility index (Phi) is 4.20. The lowest BCUT2D eigenvalue weighted by atomic mass is 9.57. The third-order valence-electron chi connectivity index (χ3n) is 5.91. The molecule has 2 aromatic rings. The summed E-state index contributed by atoms with van der Waals surface area (Å²) in [4.78, 5) is 15.9. The van der Waals surface area contributed by atoms with E-state index >= 15 is 0 Å². The first-order valence-corrected chi connectivity index (χ1v) is 9.56. The normalized spacial score (nSPS) is 28.9. The number of nitrogens with zero attached hydrogens (tertiary/aromatic N) is 1. The number of benzene rings is 2. The number of hydrogen-bond donors (Lipinski definition) is 1. The number of rotatable bonds is 3. The Labute approximate surface area is 165 Å². The van der Waals surface area contributed by atoms with Crippen molar-refractivity contribution < 1.29 is 19.6 Å². The van der Waals surface area contributed by atoms with E-state index in [0.717, 1.165) is 11.3 Å². The molecule has 148 valence electrons. The summed E-state index contributed by atoms with van der Waals surface area (Å²) in [6.07, 6.45) is 1.65. The first-order valence-electron chi connectivity index (χ1n) is 9.56. The van der Waals surface area contributed by atoms with E-state index in [2.05, 4.69) is 39.6 Å². The zero-order chi connectivity index (χ0) is 20.2. The summed E-state index contributed by atoms with van der Waals surface area (Å²) >= 11 is 0. The van der Waals surface area contributed by atoms with Crippen LogP contribution in [0.2, 0.25) is 0 Å². The fraction of sp³-hybridized carbons (Fsp3) is 0.435. The molecule has 0 saturated carbocycles. The van der Waals surface area contributed by atoms with Crippen LogP contribution >= 0.6 is 0 Å². The maximum absolute atomic E-state index is 10.6. The average Bonchev–Trinajstić information content (AvgIpc) is 2.76. The molecule has 2 aliphatic heterocycles. The first-order chi connectivity index (χ1) is 13.1. The summed E-state index contributed by atoms with van der Waals surface area (Å²) in [5.41, 5.74) is 1.03. The second-order valence-electron chi connectivity index (χ2n) is 9.25. The van der Waals surface area contributed by atoms with E-state index < -0.39 is 11.4 Å². The average molecular weight is 381 g/mol. The number of phenols is 1. The Morgan fingerprint density at radius 3 is 2.32 bits per heavy atom. The van der Waals surface area contributed by atoms with Crippen molar-refractivity contribution >= 4 is 11.9 Å². The van der Waals surface area contributed by atoms with Gasteiger partial charge >= 0.3 is 0 Å². The smallest absolute Gasteiger partial charge is 0.261 e. The van der Waals surface area contributed by atoms with Gasteiger partial charge in [-0.05, 0) is 24.3 Å². The third kappa shape index (κ3) is 2.47. The Hall–Kier alpha value is -2.21. The van der Waals surface area contributed by atoms with Gasteiger partial charge in [-0.25, -0.2) is 4.89 Å². The predicted octanol–water partition coefficient (Wildman–Crippen LogP) is 5.10. The number of hydrogen-bond acceptors (Lipinski definition) is 5. The molecule has 0 aliphatic carbocycles. The molecule has 2 aromatic carbocycles. The standard InChI is InChI=1S/C23H27NO4/c1-20(2,3)23-21(4,5)15-26-22(23,27-28-23)17-12-11-16(19(25)13-17)14-24-18-9-7-6-8-10-18/h6-14,25H,15H2,1-5H3. The fourth-order valence-electron chi connectivity index (χ4n) is 4.75. The fourth-order valence-corrected chi connectivity index (χ4v) is 4.75. The van der Waals surface area contributed by atoms with Gasteiger partial charge < -0.3 is 9.84 Å². The molecule has 2 fully saturated rings. The predicted molar refractivity (Wildman–Crippen MR) is 108 cm³/mol. The quantitative estimate of drug-likeness (QED) is 0.594. The molecule has 4 rings (SSSR count). The molecule has 5 nitrogen and oxygen atoms in total. The minimum absolute atomic E-state index is 0.123. The maximum atomic E-state index is 10.6. The van der Waals surface area contributed by atoms with Crippen LogP contribution in [0.5, 0.6) is 5.75 Å². The van der Waals surface area contributed by atoms with Crippen LogP contribution in [0.1, 0.15) is 45.7 Å². The molecule has 0 spiro atoms. The zero-order valence-electron chi connectivity index (χ0n) is 17.0. The van der Waals surface area contributed by atoms with Crippen molar-refractivity contribution in [3.05, 3.63) is 59.7 Å². The van der Waals surface area contributed by atoms with Gasteiger partial charge in [0.1, 0.15) is 5.75 Å². The second-order valence-corrected chi connectivity index (χ2v) is 9.25. The molecule has 2 aliphatic rings. The van der Waals surface area contributed by atoms with Crippen LogP contribution < -0.4 is 0 Å². The molecule has 1 N–H and O–H groups in total. The lowest BCUT2D eigenvalue weighted by Crippen LogP contribution is -2.73. The number of phenolic OH excluding ortho intramolecular Hbond substituents is 1. The zero-order valence-corrected chi connectivity index (χ0v) is 17.0. The Morgan fingerprint density at radius 2 is 1.75 bits per heavy atom. The van der Waals surface area contributed by atoms with Crippen molar-refractivity contribution in [2.45, 2.75) is 46.0 Å². The van der Waals surface area contributed by atoms with E-state index in [9.17, 15) is 5.11 Å². The molecule has 0 amide bonds. The number of aromatic hydroxyl groups is 1. The molecule has 0 aromatic heterocycles. The summed E-state index contributed by atoms with van der Waals surface area (Å²) in [6.45, 7) is 11.1. The van der Waals surface area contributed by atoms with E-state index in [4.69, 9.17) is 14.5 Å². The first kappa shape index (κ1) is 19.1. The van der Waals surface area contributed by atoms with Gasteiger partial charge in [-0.15, -0.1) is 0 Å². The Balaban J connectivity index is 1.71. The minimum Gasteiger partial charge on any atom is -0.507 e. The lowest BCUT2D eigenvalue weighted by Gasteiger charge is -2.61. The SMILES string of the molecule is CC(C)(C)C12OOC1(c1ccc(C=Nc3ccccc3)c(O)c1)OCC2(C)C. The van der Waals surface area contributed by atoms with Crippen LogP contribution in [0, 0.1) is 10.8 Å². The topological polar surface area (TPSA) is 60.3 Å². The van der Waals surface area contributed by atoms with E-state index in [0.29, 0.717) is 12.2 Å². The highest BCUT2D eigenvalue weighted by Crippen LogP contribution is 2.69. The number of fused-ring (bicyclic) bond motifs is 1. The highest BCUT2D eigenvalue weighted by atomic mass is 17.3. The van der Waals surface area contributed by atoms with Gasteiger partial charge in [-0.2, -0.15) is 4.89 Å². The van der Waals surface area contributed by atoms with E-state index in [1.807, 2.05) is 42.5 Å². The maximum Gasteiger partial charge on any atom is 0.261 e. The largest absolute Gasteiger partial charge is 0.507 e. The van der Waals surface area contributed by atoms with Crippen LogP contribution in [0.4, 0.5) is 5.69 Å². The van der Waals surface area contributed by atoms with Crippen molar-refractivity contribution in [3.8, 4) is 5.75 Å². The summed E-state index contributed by atoms with van der Waals surface area (Å²) < 4.78 is 6.20. The summed E-state index contributed by atoms with van der Waals surface area (Å²) in [5.74, 6) is -0.917. The van der Waals surface area contributed by atoms with E-state index in [1.54, 1.807) is 12.3 Å². The number of aliphatic imine (C=N–C) groups is 1. The molecule has 5 heteroatoms. The van der Waals surface area contributed by atoms with Crippen LogP contribution in [0.3, 0.4) is 0 Å².